The Morgan fingerprint density at radius 2 is 2.07 bits per heavy atom. The van der Waals surface area contributed by atoms with E-state index in [0.717, 1.165) is 12.5 Å². The average molecular weight is 209 g/mol. The second kappa shape index (κ2) is 6.67. The van der Waals surface area contributed by atoms with Gasteiger partial charge in [0.05, 0.1) is 12.5 Å². The number of hydrogen-bond acceptors (Lipinski definition) is 2. The lowest BCUT2D eigenvalue weighted by Crippen LogP contribution is -2.25. The number of hydrogen-bond donors (Lipinski definition) is 1. The van der Waals surface area contributed by atoms with E-state index >= 15 is 0 Å². The van der Waals surface area contributed by atoms with Gasteiger partial charge in [0.15, 0.2) is 0 Å². The van der Waals surface area contributed by atoms with E-state index in [9.17, 15) is 0 Å². The van der Waals surface area contributed by atoms with Crippen molar-refractivity contribution in [3.63, 3.8) is 0 Å². The number of furan rings is 1. The van der Waals surface area contributed by atoms with Gasteiger partial charge < -0.3 is 9.73 Å². The zero-order valence-corrected chi connectivity index (χ0v) is 10.1. The molecule has 0 spiro atoms. The van der Waals surface area contributed by atoms with Crippen LogP contribution in [0.3, 0.4) is 0 Å². The molecule has 0 aromatic carbocycles. The molecule has 1 heterocycles. The fraction of sp³-hybridized carbons (Fsp3) is 0.692. The van der Waals surface area contributed by atoms with Crippen molar-refractivity contribution in [3.8, 4) is 0 Å². The third-order valence-corrected chi connectivity index (χ3v) is 2.65. The fourth-order valence-electron chi connectivity index (χ4n) is 1.62. The first kappa shape index (κ1) is 12.3. The monoisotopic (exact) mass is 209 g/mol. The molecule has 0 aliphatic heterocycles. The van der Waals surface area contributed by atoms with Crippen LogP contribution < -0.4 is 5.32 Å². The van der Waals surface area contributed by atoms with E-state index in [1.807, 2.05) is 6.07 Å². The van der Waals surface area contributed by atoms with E-state index in [1.165, 1.54) is 24.8 Å². The summed E-state index contributed by atoms with van der Waals surface area (Å²) >= 11 is 0. The SMILES string of the molecule is CC(C)CCCC(C)NCc1ccoc1. The van der Waals surface area contributed by atoms with Crippen LogP contribution in [0.4, 0.5) is 0 Å². The molecule has 0 bridgehead atoms. The van der Waals surface area contributed by atoms with E-state index in [-0.39, 0.29) is 0 Å². The van der Waals surface area contributed by atoms with Gasteiger partial charge in [-0.1, -0.05) is 26.7 Å². The summed E-state index contributed by atoms with van der Waals surface area (Å²) in [5.41, 5.74) is 1.23. The Morgan fingerprint density at radius 1 is 1.27 bits per heavy atom. The van der Waals surface area contributed by atoms with Crippen LogP contribution in [0.2, 0.25) is 0 Å². The minimum Gasteiger partial charge on any atom is -0.472 e. The molecule has 1 rings (SSSR count). The largest absolute Gasteiger partial charge is 0.472 e. The van der Waals surface area contributed by atoms with Crippen LogP contribution in [0.15, 0.2) is 23.0 Å². The fourth-order valence-corrected chi connectivity index (χ4v) is 1.62. The van der Waals surface area contributed by atoms with Gasteiger partial charge >= 0.3 is 0 Å². The summed E-state index contributed by atoms with van der Waals surface area (Å²) in [4.78, 5) is 0. The zero-order valence-electron chi connectivity index (χ0n) is 10.1. The Bertz CT molecular complexity index is 241. The molecule has 0 amide bonds. The van der Waals surface area contributed by atoms with Crippen molar-refractivity contribution < 1.29 is 4.42 Å². The molecule has 1 aromatic rings. The lowest BCUT2D eigenvalue weighted by atomic mass is 10.0. The van der Waals surface area contributed by atoms with Crippen LogP contribution >= 0.6 is 0 Å². The lowest BCUT2D eigenvalue weighted by molar-refractivity contribution is 0.456. The quantitative estimate of drug-likeness (QED) is 0.742. The third kappa shape index (κ3) is 5.63. The smallest absolute Gasteiger partial charge is 0.0947 e. The van der Waals surface area contributed by atoms with Crippen LogP contribution in [-0.2, 0) is 6.54 Å². The van der Waals surface area contributed by atoms with Crippen LogP contribution in [0.1, 0.15) is 45.6 Å². The summed E-state index contributed by atoms with van der Waals surface area (Å²) in [6.07, 6.45) is 7.43. The highest BCUT2D eigenvalue weighted by molar-refractivity contribution is 5.04. The van der Waals surface area contributed by atoms with Crippen LogP contribution in [0.5, 0.6) is 0 Å². The van der Waals surface area contributed by atoms with Crippen molar-refractivity contribution in [3.05, 3.63) is 24.2 Å². The van der Waals surface area contributed by atoms with Crippen LogP contribution in [-0.4, -0.2) is 6.04 Å². The minimum absolute atomic E-state index is 0.596. The van der Waals surface area contributed by atoms with Gasteiger partial charge in [-0.05, 0) is 25.3 Å². The van der Waals surface area contributed by atoms with Crippen molar-refractivity contribution in [2.45, 2.75) is 52.6 Å². The summed E-state index contributed by atoms with van der Waals surface area (Å²) in [7, 11) is 0. The predicted molar refractivity (Wildman–Crippen MR) is 63.7 cm³/mol. The summed E-state index contributed by atoms with van der Waals surface area (Å²) in [6.45, 7) is 7.73. The highest BCUT2D eigenvalue weighted by Crippen LogP contribution is 2.08. The Morgan fingerprint density at radius 3 is 2.67 bits per heavy atom. The first-order valence-corrected chi connectivity index (χ1v) is 5.93. The summed E-state index contributed by atoms with van der Waals surface area (Å²) < 4.78 is 5.02. The zero-order chi connectivity index (χ0) is 11.1. The van der Waals surface area contributed by atoms with Crippen molar-refractivity contribution >= 4 is 0 Å². The molecule has 0 saturated carbocycles. The van der Waals surface area contributed by atoms with Gasteiger partial charge in [0.2, 0.25) is 0 Å². The predicted octanol–water partition coefficient (Wildman–Crippen LogP) is 3.58. The van der Waals surface area contributed by atoms with Crippen molar-refractivity contribution in [1.29, 1.82) is 0 Å². The molecule has 86 valence electrons. The van der Waals surface area contributed by atoms with Crippen molar-refractivity contribution in [1.82, 2.24) is 5.32 Å². The molecular formula is C13H23NO. The maximum absolute atomic E-state index is 5.02. The molecule has 0 aliphatic carbocycles. The summed E-state index contributed by atoms with van der Waals surface area (Å²) in [5.74, 6) is 0.825. The first-order valence-electron chi connectivity index (χ1n) is 5.93. The highest BCUT2D eigenvalue weighted by atomic mass is 16.3. The van der Waals surface area contributed by atoms with Gasteiger partial charge in [-0.25, -0.2) is 0 Å². The van der Waals surface area contributed by atoms with Gasteiger partial charge in [-0.2, -0.15) is 0 Å². The Kier molecular flexibility index (Phi) is 5.48. The molecule has 0 aliphatic rings. The maximum Gasteiger partial charge on any atom is 0.0947 e. The topological polar surface area (TPSA) is 25.2 Å². The molecule has 2 nitrogen and oxygen atoms in total. The van der Waals surface area contributed by atoms with Gasteiger partial charge in [0.25, 0.3) is 0 Å². The standard InChI is InChI=1S/C13H23NO/c1-11(2)5-4-6-12(3)14-9-13-7-8-15-10-13/h7-8,10-12,14H,4-6,9H2,1-3H3. The van der Waals surface area contributed by atoms with Gasteiger partial charge in [0, 0.05) is 18.2 Å². The van der Waals surface area contributed by atoms with Crippen molar-refractivity contribution in [2.75, 3.05) is 0 Å². The molecule has 1 unspecified atom stereocenters. The molecule has 1 atom stereocenters. The maximum atomic E-state index is 5.02. The van der Waals surface area contributed by atoms with Crippen LogP contribution in [0, 0.1) is 5.92 Å². The minimum atomic E-state index is 0.596. The van der Waals surface area contributed by atoms with Gasteiger partial charge in [-0.15, -0.1) is 0 Å². The highest BCUT2D eigenvalue weighted by Gasteiger charge is 2.02. The second-order valence-electron chi connectivity index (χ2n) is 4.74. The first-order chi connectivity index (χ1) is 7.18. The Balaban J connectivity index is 2.06. The van der Waals surface area contributed by atoms with Crippen LogP contribution in [0.25, 0.3) is 0 Å². The lowest BCUT2D eigenvalue weighted by Gasteiger charge is -2.13. The third-order valence-electron chi connectivity index (χ3n) is 2.65. The molecule has 1 aromatic heterocycles. The average Bonchev–Trinajstić information content (AvgIpc) is 2.66. The van der Waals surface area contributed by atoms with Crippen molar-refractivity contribution in [2.24, 2.45) is 5.92 Å². The Labute approximate surface area is 93.1 Å². The molecule has 0 fully saturated rings. The second-order valence-corrected chi connectivity index (χ2v) is 4.74. The summed E-state index contributed by atoms with van der Waals surface area (Å²) in [6, 6.07) is 2.60. The van der Waals surface area contributed by atoms with E-state index in [4.69, 9.17) is 4.42 Å². The van der Waals surface area contributed by atoms with Gasteiger partial charge in [-0.3, -0.25) is 0 Å². The number of nitrogens with one attached hydrogen (secondary N) is 1. The van der Waals surface area contributed by atoms with E-state index < -0.39 is 0 Å². The number of rotatable bonds is 7. The molecule has 1 N–H and O–H groups in total. The molecule has 15 heavy (non-hydrogen) atoms. The molecule has 0 radical (unpaired) electrons. The van der Waals surface area contributed by atoms with E-state index in [0.29, 0.717) is 6.04 Å². The van der Waals surface area contributed by atoms with E-state index in [1.54, 1.807) is 12.5 Å². The van der Waals surface area contributed by atoms with Gasteiger partial charge in [0.1, 0.15) is 0 Å². The molecule has 2 heteroatoms. The van der Waals surface area contributed by atoms with E-state index in [2.05, 4.69) is 26.1 Å². The molecular weight excluding hydrogens is 186 g/mol. The molecule has 0 saturated heterocycles. The normalized spacial score (nSPS) is 13.3. The Hall–Kier alpha value is -0.760. The summed E-state index contributed by atoms with van der Waals surface area (Å²) in [5, 5.41) is 3.50.